The lowest BCUT2D eigenvalue weighted by Gasteiger charge is -2.33. The van der Waals surface area contributed by atoms with E-state index in [1.807, 2.05) is 12.1 Å². The molecule has 1 fully saturated rings. The molecule has 0 bridgehead atoms. The van der Waals surface area contributed by atoms with E-state index in [1.165, 1.54) is 10.4 Å². The van der Waals surface area contributed by atoms with Crippen LogP contribution in [0.3, 0.4) is 0 Å². The maximum Gasteiger partial charge on any atom is 0.244 e. The molecule has 4 rings (SSSR count). The van der Waals surface area contributed by atoms with Crippen molar-refractivity contribution in [2.24, 2.45) is 0 Å². The van der Waals surface area contributed by atoms with Crippen molar-refractivity contribution in [3.8, 4) is 11.4 Å². The molecule has 7 nitrogen and oxygen atoms in total. The Morgan fingerprint density at radius 1 is 1.00 bits per heavy atom. The van der Waals surface area contributed by atoms with Crippen molar-refractivity contribution >= 4 is 44.8 Å². The monoisotopic (exact) mass is 486 g/mol. The first-order chi connectivity index (χ1) is 14.3. The predicted octanol–water partition coefficient (Wildman–Crippen LogP) is 4.20. The third kappa shape index (κ3) is 4.49. The maximum atomic E-state index is 12.9. The predicted molar refractivity (Wildman–Crippen MR) is 115 cm³/mol. The summed E-state index contributed by atoms with van der Waals surface area (Å²) in [5.74, 6) is 0.920. The quantitative estimate of drug-likeness (QED) is 0.536. The average molecular weight is 488 g/mol. The molecular weight excluding hydrogens is 471 g/mol. The van der Waals surface area contributed by atoms with Gasteiger partial charge in [-0.15, -0.1) is 0 Å². The number of rotatable bonds is 5. The third-order valence-corrected chi connectivity index (χ3v) is 7.88. The van der Waals surface area contributed by atoms with Crippen molar-refractivity contribution in [3.05, 3.63) is 63.4 Å². The van der Waals surface area contributed by atoms with Gasteiger partial charge < -0.3 is 4.52 Å². The Hall–Kier alpha value is -1.68. The van der Waals surface area contributed by atoms with Gasteiger partial charge >= 0.3 is 0 Å². The van der Waals surface area contributed by atoms with Crippen LogP contribution >= 0.6 is 34.8 Å². The van der Waals surface area contributed by atoms with Gasteiger partial charge in [-0.2, -0.15) is 9.29 Å². The van der Waals surface area contributed by atoms with E-state index < -0.39 is 10.0 Å². The van der Waals surface area contributed by atoms with Gasteiger partial charge in [0.25, 0.3) is 0 Å². The lowest BCUT2D eigenvalue weighted by molar-refractivity contribution is 0.163. The van der Waals surface area contributed by atoms with Crippen LogP contribution < -0.4 is 0 Å². The second-order valence-corrected chi connectivity index (χ2v) is 9.88. The number of piperazine rings is 1. The van der Waals surface area contributed by atoms with E-state index in [0.29, 0.717) is 49.5 Å². The number of halogens is 3. The molecule has 0 aliphatic carbocycles. The number of hydrogen-bond acceptors (Lipinski definition) is 6. The minimum absolute atomic E-state index is 0.0215. The van der Waals surface area contributed by atoms with Gasteiger partial charge in [0.05, 0.1) is 16.6 Å². The van der Waals surface area contributed by atoms with E-state index in [0.717, 1.165) is 5.56 Å². The standard InChI is InChI=1S/C19H17Cl3N4O3S/c20-14-4-1-3-13(11-14)19-23-17(29-24-19)12-25-7-9-26(10-8-25)30(27,28)16-6-2-5-15(21)18(16)22/h1-6,11H,7-10,12H2. The van der Waals surface area contributed by atoms with Gasteiger partial charge in [-0.1, -0.05) is 58.2 Å². The summed E-state index contributed by atoms with van der Waals surface area (Å²) in [7, 11) is -3.72. The molecule has 1 aliphatic heterocycles. The molecule has 0 atom stereocenters. The van der Waals surface area contributed by atoms with Crippen LogP contribution in [0.15, 0.2) is 51.9 Å². The van der Waals surface area contributed by atoms with Crippen LogP contribution in [0.4, 0.5) is 0 Å². The molecule has 0 N–H and O–H groups in total. The molecule has 2 heterocycles. The van der Waals surface area contributed by atoms with Gasteiger partial charge in [-0.25, -0.2) is 8.42 Å². The van der Waals surface area contributed by atoms with Gasteiger partial charge in [0, 0.05) is 36.8 Å². The lowest BCUT2D eigenvalue weighted by Crippen LogP contribution is -2.48. The molecule has 0 radical (unpaired) electrons. The van der Waals surface area contributed by atoms with Crippen molar-refractivity contribution in [1.82, 2.24) is 19.3 Å². The zero-order valence-corrected chi connectivity index (χ0v) is 18.7. The first-order valence-electron chi connectivity index (χ1n) is 9.09. The lowest BCUT2D eigenvalue weighted by atomic mass is 10.2. The summed E-state index contributed by atoms with van der Waals surface area (Å²) in [4.78, 5) is 6.49. The first kappa shape index (κ1) is 21.5. The second kappa shape index (κ2) is 8.82. The van der Waals surface area contributed by atoms with Crippen molar-refractivity contribution < 1.29 is 12.9 Å². The number of benzene rings is 2. The van der Waals surface area contributed by atoms with Crippen LogP contribution in [0.5, 0.6) is 0 Å². The van der Waals surface area contributed by atoms with E-state index in [1.54, 1.807) is 24.3 Å². The summed E-state index contributed by atoms with van der Waals surface area (Å²) in [5, 5.41) is 4.85. The number of nitrogens with zero attached hydrogens (tertiary/aromatic N) is 4. The Labute approximate surface area is 189 Å². The van der Waals surface area contributed by atoms with Crippen molar-refractivity contribution in [1.29, 1.82) is 0 Å². The zero-order valence-electron chi connectivity index (χ0n) is 15.6. The normalized spacial score (nSPS) is 16.1. The van der Waals surface area contributed by atoms with Crippen LogP contribution in [-0.2, 0) is 16.6 Å². The van der Waals surface area contributed by atoms with Crippen LogP contribution in [0.25, 0.3) is 11.4 Å². The largest absolute Gasteiger partial charge is 0.338 e. The van der Waals surface area contributed by atoms with E-state index in [9.17, 15) is 8.42 Å². The summed E-state index contributed by atoms with van der Waals surface area (Å²) in [6, 6.07) is 11.8. The third-order valence-electron chi connectivity index (χ3n) is 4.78. The molecule has 158 valence electrons. The van der Waals surface area contributed by atoms with Gasteiger partial charge in [0.1, 0.15) is 4.90 Å². The highest BCUT2D eigenvalue weighted by molar-refractivity contribution is 7.89. The van der Waals surface area contributed by atoms with Gasteiger partial charge in [0.2, 0.25) is 21.7 Å². The molecule has 3 aromatic rings. The summed E-state index contributed by atoms with van der Waals surface area (Å²) < 4.78 is 32.6. The van der Waals surface area contributed by atoms with Crippen molar-refractivity contribution in [2.45, 2.75) is 11.4 Å². The highest BCUT2D eigenvalue weighted by Gasteiger charge is 2.31. The average Bonchev–Trinajstić information content (AvgIpc) is 3.19. The van der Waals surface area contributed by atoms with Crippen molar-refractivity contribution in [2.75, 3.05) is 26.2 Å². The molecule has 2 aromatic carbocycles. The Balaban J connectivity index is 1.40. The van der Waals surface area contributed by atoms with Gasteiger partial charge in [-0.3, -0.25) is 4.90 Å². The molecule has 0 spiro atoms. The molecule has 0 saturated carbocycles. The van der Waals surface area contributed by atoms with Crippen LogP contribution in [-0.4, -0.2) is 53.9 Å². The zero-order chi connectivity index (χ0) is 21.3. The number of aromatic nitrogens is 2. The number of hydrogen-bond donors (Lipinski definition) is 0. The Morgan fingerprint density at radius 2 is 1.73 bits per heavy atom. The Bertz CT molecular complexity index is 1160. The molecule has 0 amide bonds. The van der Waals surface area contributed by atoms with E-state index in [-0.39, 0.29) is 14.9 Å². The minimum atomic E-state index is -3.72. The van der Waals surface area contributed by atoms with Crippen molar-refractivity contribution in [3.63, 3.8) is 0 Å². The van der Waals surface area contributed by atoms with Crippen LogP contribution in [0.1, 0.15) is 5.89 Å². The fraction of sp³-hybridized carbons (Fsp3) is 0.263. The smallest absolute Gasteiger partial charge is 0.244 e. The number of sulfonamides is 1. The van der Waals surface area contributed by atoms with E-state index >= 15 is 0 Å². The van der Waals surface area contributed by atoms with Gasteiger partial charge in [-0.05, 0) is 24.3 Å². The summed E-state index contributed by atoms with van der Waals surface area (Å²) in [6.07, 6.45) is 0. The highest BCUT2D eigenvalue weighted by atomic mass is 35.5. The van der Waals surface area contributed by atoms with E-state index in [4.69, 9.17) is 39.3 Å². The fourth-order valence-corrected chi connectivity index (χ4v) is 5.55. The summed E-state index contributed by atoms with van der Waals surface area (Å²) >= 11 is 18.1. The molecule has 1 saturated heterocycles. The molecule has 1 aliphatic rings. The summed E-state index contributed by atoms with van der Waals surface area (Å²) in [5.41, 5.74) is 0.770. The minimum Gasteiger partial charge on any atom is -0.338 e. The molecule has 0 unspecified atom stereocenters. The second-order valence-electron chi connectivity index (χ2n) is 6.75. The topological polar surface area (TPSA) is 79.5 Å². The SMILES string of the molecule is O=S(=O)(c1cccc(Cl)c1Cl)N1CCN(Cc2nc(-c3cccc(Cl)c3)no2)CC1. The first-order valence-corrected chi connectivity index (χ1v) is 11.7. The molecule has 30 heavy (non-hydrogen) atoms. The summed E-state index contributed by atoms with van der Waals surface area (Å²) in [6.45, 7) is 2.11. The Morgan fingerprint density at radius 3 is 2.47 bits per heavy atom. The fourth-order valence-electron chi connectivity index (χ4n) is 3.21. The molecule has 1 aromatic heterocycles. The maximum absolute atomic E-state index is 12.9. The molecular formula is C19H17Cl3N4O3S. The van der Waals surface area contributed by atoms with Gasteiger partial charge in [0.15, 0.2) is 0 Å². The van der Waals surface area contributed by atoms with E-state index in [2.05, 4.69) is 15.0 Å². The van der Waals surface area contributed by atoms with Crippen LogP contribution in [0.2, 0.25) is 15.1 Å². The highest BCUT2D eigenvalue weighted by Crippen LogP contribution is 2.31. The molecule has 11 heteroatoms. The Kier molecular flexibility index (Phi) is 6.34. The van der Waals surface area contributed by atoms with Crippen LogP contribution in [0, 0.1) is 0 Å².